The third-order valence-electron chi connectivity index (χ3n) is 4.24. The molecule has 0 radical (unpaired) electrons. The summed E-state index contributed by atoms with van der Waals surface area (Å²) >= 11 is 5.89. The van der Waals surface area contributed by atoms with Gasteiger partial charge >= 0.3 is 5.97 Å². The highest BCUT2D eigenvalue weighted by molar-refractivity contribution is 6.30. The normalized spacial score (nSPS) is 11.5. The van der Waals surface area contributed by atoms with Crippen molar-refractivity contribution in [2.75, 3.05) is 7.11 Å². The number of rotatable bonds is 6. The lowest BCUT2D eigenvalue weighted by atomic mass is 10.1. The number of pyridine rings is 1. The molecular weight excluding hydrogens is 376 g/mol. The van der Waals surface area contributed by atoms with Gasteiger partial charge in [0.2, 0.25) is 0 Å². The summed E-state index contributed by atoms with van der Waals surface area (Å²) in [5.41, 5.74) is 2.95. The topological polar surface area (TPSA) is 68.3 Å². The maximum absolute atomic E-state index is 12.6. The van der Waals surface area contributed by atoms with E-state index in [-0.39, 0.29) is 0 Å². The zero-order valence-electron chi connectivity index (χ0n) is 15.3. The monoisotopic (exact) mass is 394 g/mol. The molecule has 0 bridgehead atoms. The first-order valence-electron chi connectivity index (χ1n) is 8.71. The molecule has 2 aromatic carbocycles. The first-order chi connectivity index (χ1) is 13.6. The van der Waals surface area contributed by atoms with Gasteiger partial charge in [-0.25, -0.2) is 4.79 Å². The van der Waals surface area contributed by atoms with E-state index < -0.39 is 17.9 Å². The molecule has 0 aliphatic carbocycles. The van der Waals surface area contributed by atoms with Crippen molar-refractivity contribution in [2.24, 2.45) is 0 Å². The van der Waals surface area contributed by atoms with Gasteiger partial charge in [-0.1, -0.05) is 54.1 Å². The second-order valence-corrected chi connectivity index (χ2v) is 6.61. The van der Waals surface area contributed by atoms with Crippen LogP contribution in [0.4, 0.5) is 0 Å². The molecule has 1 atom stereocenters. The molecule has 5 nitrogen and oxygen atoms in total. The van der Waals surface area contributed by atoms with E-state index in [9.17, 15) is 9.59 Å². The number of ether oxygens (including phenoxy) is 1. The van der Waals surface area contributed by atoms with Crippen LogP contribution in [-0.4, -0.2) is 30.0 Å². The lowest BCUT2D eigenvalue weighted by Gasteiger charge is -2.17. The molecule has 3 aromatic rings. The van der Waals surface area contributed by atoms with Gasteiger partial charge in [0.25, 0.3) is 5.91 Å². The molecule has 1 aromatic heterocycles. The molecule has 28 heavy (non-hydrogen) atoms. The third-order valence-corrected chi connectivity index (χ3v) is 4.49. The van der Waals surface area contributed by atoms with Crippen LogP contribution in [0.2, 0.25) is 5.02 Å². The van der Waals surface area contributed by atoms with E-state index in [1.807, 2.05) is 30.3 Å². The van der Waals surface area contributed by atoms with Crippen molar-refractivity contribution in [1.82, 2.24) is 10.3 Å². The predicted molar refractivity (Wildman–Crippen MR) is 108 cm³/mol. The first kappa shape index (κ1) is 19.6. The summed E-state index contributed by atoms with van der Waals surface area (Å²) in [5.74, 6) is -0.909. The molecule has 3 rings (SSSR count). The Labute approximate surface area is 168 Å². The molecule has 0 aliphatic heterocycles. The largest absolute Gasteiger partial charge is 0.467 e. The number of carbonyl (C=O) groups is 2. The highest BCUT2D eigenvalue weighted by Gasteiger charge is 2.22. The Hall–Kier alpha value is -3.18. The summed E-state index contributed by atoms with van der Waals surface area (Å²) in [7, 11) is 1.29. The zero-order valence-corrected chi connectivity index (χ0v) is 16.0. The van der Waals surface area contributed by atoms with Gasteiger partial charge in [-0.05, 0) is 29.8 Å². The van der Waals surface area contributed by atoms with Gasteiger partial charge in [0.1, 0.15) is 6.04 Å². The maximum atomic E-state index is 12.6. The number of nitrogens with one attached hydrogen (secondary N) is 1. The molecule has 0 fully saturated rings. The van der Waals surface area contributed by atoms with Gasteiger partial charge in [-0.15, -0.1) is 0 Å². The lowest BCUT2D eigenvalue weighted by molar-refractivity contribution is -0.142. The van der Waals surface area contributed by atoms with Gasteiger partial charge in [-0.2, -0.15) is 0 Å². The lowest BCUT2D eigenvalue weighted by Crippen LogP contribution is -2.43. The second kappa shape index (κ2) is 9.15. The molecule has 0 spiro atoms. The summed E-state index contributed by atoms with van der Waals surface area (Å²) in [6.45, 7) is 0. The van der Waals surface area contributed by atoms with E-state index in [4.69, 9.17) is 16.3 Å². The van der Waals surface area contributed by atoms with E-state index >= 15 is 0 Å². The zero-order chi connectivity index (χ0) is 19.9. The highest BCUT2D eigenvalue weighted by atomic mass is 35.5. The van der Waals surface area contributed by atoms with Crippen LogP contribution in [0.5, 0.6) is 0 Å². The predicted octanol–water partition coefficient (Wildman–Crippen LogP) is 3.92. The number of hydrogen-bond donors (Lipinski definition) is 1. The van der Waals surface area contributed by atoms with Gasteiger partial charge in [-0.3, -0.25) is 9.78 Å². The molecule has 6 heteroatoms. The molecular formula is C22H19ClN2O3. The molecule has 1 heterocycles. The number of halogens is 1. The fourth-order valence-corrected chi connectivity index (χ4v) is 2.87. The summed E-state index contributed by atoms with van der Waals surface area (Å²) in [5, 5.41) is 3.32. The van der Waals surface area contributed by atoms with Crippen LogP contribution < -0.4 is 5.32 Å². The van der Waals surface area contributed by atoms with Crippen molar-refractivity contribution in [1.29, 1.82) is 0 Å². The van der Waals surface area contributed by atoms with Crippen LogP contribution in [-0.2, 0) is 16.0 Å². The molecule has 0 aliphatic rings. The van der Waals surface area contributed by atoms with Gasteiger partial charge < -0.3 is 10.1 Å². The van der Waals surface area contributed by atoms with Crippen molar-refractivity contribution in [3.8, 4) is 11.3 Å². The van der Waals surface area contributed by atoms with Gasteiger partial charge in [0.05, 0.1) is 18.4 Å². The number of carbonyl (C=O) groups excluding carboxylic acids is 2. The third kappa shape index (κ3) is 4.96. The van der Waals surface area contributed by atoms with Crippen LogP contribution in [0.25, 0.3) is 11.3 Å². The number of nitrogens with zero attached hydrogens (tertiary/aromatic N) is 1. The number of esters is 1. The summed E-state index contributed by atoms with van der Waals surface area (Å²) < 4.78 is 4.83. The van der Waals surface area contributed by atoms with Crippen LogP contribution in [0.3, 0.4) is 0 Å². The first-order valence-corrected chi connectivity index (χ1v) is 9.09. The van der Waals surface area contributed by atoms with Crippen LogP contribution in [0.1, 0.15) is 15.9 Å². The van der Waals surface area contributed by atoms with Crippen molar-refractivity contribution < 1.29 is 14.3 Å². The Balaban J connectivity index is 1.72. The van der Waals surface area contributed by atoms with E-state index in [0.29, 0.717) is 17.0 Å². The van der Waals surface area contributed by atoms with E-state index in [2.05, 4.69) is 10.3 Å². The minimum absolute atomic E-state index is 0.297. The SMILES string of the molecule is COC(=O)[C@H](Cc1ccc(Cl)cc1)NC(=O)c1ccc(-c2ccccc2)nc1. The molecule has 1 N–H and O–H groups in total. The quantitative estimate of drug-likeness (QED) is 0.643. The Kier molecular flexibility index (Phi) is 6.40. The molecule has 1 amide bonds. The molecule has 0 saturated heterocycles. The number of benzene rings is 2. The summed E-state index contributed by atoms with van der Waals surface area (Å²) in [6.07, 6.45) is 1.79. The smallest absolute Gasteiger partial charge is 0.328 e. The highest BCUT2D eigenvalue weighted by Crippen LogP contribution is 2.16. The summed E-state index contributed by atoms with van der Waals surface area (Å²) in [6, 6.07) is 19.4. The Morgan fingerprint density at radius 3 is 2.36 bits per heavy atom. The van der Waals surface area contributed by atoms with Gasteiger partial charge in [0, 0.05) is 23.2 Å². The van der Waals surface area contributed by atoms with Crippen molar-refractivity contribution in [3.63, 3.8) is 0 Å². The molecule has 142 valence electrons. The number of methoxy groups -OCH3 is 1. The Morgan fingerprint density at radius 2 is 1.75 bits per heavy atom. The van der Waals surface area contributed by atoms with E-state index in [1.165, 1.54) is 13.3 Å². The molecule has 0 saturated carbocycles. The Bertz CT molecular complexity index is 942. The summed E-state index contributed by atoms with van der Waals surface area (Å²) in [4.78, 5) is 29.0. The minimum atomic E-state index is -0.813. The van der Waals surface area contributed by atoms with E-state index in [1.54, 1.807) is 36.4 Å². The van der Waals surface area contributed by atoms with Crippen molar-refractivity contribution in [3.05, 3.63) is 89.1 Å². The minimum Gasteiger partial charge on any atom is -0.467 e. The average molecular weight is 395 g/mol. The fraction of sp³-hybridized carbons (Fsp3) is 0.136. The van der Waals surface area contributed by atoms with Crippen LogP contribution >= 0.6 is 11.6 Å². The number of aromatic nitrogens is 1. The number of amides is 1. The fourth-order valence-electron chi connectivity index (χ4n) is 2.74. The average Bonchev–Trinajstić information content (AvgIpc) is 2.75. The van der Waals surface area contributed by atoms with Gasteiger partial charge in [0.15, 0.2) is 0 Å². The maximum Gasteiger partial charge on any atom is 0.328 e. The second-order valence-electron chi connectivity index (χ2n) is 6.18. The Morgan fingerprint density at radius 1 is 1.04 bits per heavy atom. The van der Waals surface area contributed by atoms with Crippen LogP contribution in [0, 0.1) is 0 Å². The molecule has 0 unspecified atom stereocenters. The van der Waals surface area contributed by atoms with Crippen molar-refractivity contribution >= 4 is 23.5 Å². The standard InChI is InChI=1S/C22H19ClN2O3/c1-28-22(27)20(13-15-7-10-18(23)11-8-15)25-21(26)17-9-12-19(24-14-17)16-5-3-2-4-6-16/h2-12,14,20H,13H2,1H3,(H,25,26)/t20-/m0/s1. The van der Waals surface area contributed by atoms with Crippen molar-refractivity contribution in [2.45, 2.75) is 12.5 Å². The van der Waals surface area contributed by atoms with E-state index in [0.717, 1.165) is 16.8 Å². The van der Waals surface area contributed by atoms with Crippen LogP contribution in [0.15, 0.2) is 72.9 Å². The number of hydrogen-bond acceptors (Lipinski definition) is 4.